The molecule has 0 aliphatic carbocycles. The zero-order chi connectivity index (χ0) is 95.9. The number of carbonyl (C=O) groups excluding carboxylic acids is 16. The number of nitrogens with zero attached hydrogens (tertiary/aromatic N) is 8. The molecule has 0 bridgehead atoms. The molecule has 16 aliphatic rings. The van der Waals surface area contributed by atoms with Crippen LogP contribution in [0, 0.1) is 112 Å². The van der Waals surface area contributed by atoms with Gasteiger partial charge in [0.1, 0.15) is 0 Å². The van der Waals surface area contributed by atoms with Gasteiger partial charge in [-0.05, 0) is 37.0 Å². The maximum absolute atomic E-state index is 13.2. The summed E-state index contributed by atoms with van der Waals surface area (Å²) in [5.41, 5.74) is 15.0. The normalized spacial score (nSPS) is 38.1. The summed E-state index contributed by atoms with van der Waals surface area (Å²) < 4.78 is 47.7. The van der Waals surface area contributed by atoms with Gasteiger partial charge in [-0.15, -0.1) is 52.6 Å². The highest BCUT2D eigenvalue weighted by Gasteiger charge is 2.67. The minimum atomic E-state index is -0.659. The predicted octanol–water partition coefficient (Wildman–Crippen LogP) is -1.66. The average molecular weight is 1830 g/mol. The second kappa shape index (κ2) is 41.2. The zero-order valence-electron chi connectivity index (χ0n) is 76.2. The van der Waals surface area contributed by atoms with Gasteiger partial charge in [-0.25, -0.2) is 0 Å². The largest absolute Gasteiger partial charge is 0.365 e. The topological polar surface area (TPSA) is 483 Å². The van der Waals surface area contributed by atoms with Gasteiger partial charge >= 0.3 is 0 Å². The van der Waals surface area contributed by atoms with Gasteiger partial charge in [0.15, 0.2) is 0 Å². The first-order valence-electron chi connectivity index (χ1n) is 46.0. The van der Waals surface area contributed by atoms with Crippen molar-refractivity contribution in [2.45, 2.75) is 158 Å². The van der Waals surface area contributed by atoms with Gasteiger partial charge in [0.2, 0.25) is 94.5 Å². The van der Waals surface area contributed by atoms with Crippen LogP contribution in [0.15, 0.2) is 150 Å². The van der Waals surface area contributed by atoms with E-state index in [1.165, 1.54) is 53.5 Å². The lowest BCUT2D eigenvalue weighted by Crippen LogP contribution is -2.56. The van der Waals surface area contributed by atoms with Crippen molar-refractivity contribution in [2.24, 2.45) is 112 Å². The molecule has 16 heterocycles. The lowest BCUT2D eigenvalue weighted by Gasteiger charge is -2.21. The fourth-order valence-electron chi connectivity index (χ4n) is 21.8. The number of hydrogen-bond acceptors (Lipinski definition) is 24. The molecule has 712 valence electrons. The molecule has 36 nitrogen and oxygen atoms in total. The smallest absolute Gasteiger partial charge is 0.236 e. The summed E-state index contributed by atoms with van der Waals surface area (Å²) in [5.74, 6) is -13.1. The van der Waals surface area contributed by atoms with Crippen molar-refractivity contribution in [3.63, 3.8) is 0 Å². The number of fused-ring (bicyclic) bond motifs is 8. The fraction of sp³-hybridized carbons (Fsp3) is 0.583. The standard InChI is InChI=1S/3C25H33N3O6.C21H25N3O6/c3*1-5-14-18-20(24(31)27(22(18)29)11-9-13(3)4)16(33-14)7-8-17-21-19(15(6-2)34-17)23(30)28(12-10-26)25(21)32;1-4-10-14-16(19(26)23(3)18(14)25)12(29-10)6-7-13-17-15(11(5-2)30-13)20(27)24(9-8-22)21(17)28/h3*5-8,13-21H,1-2,9-12,26H2,3-4H3;4-7,10-17H,1-2,8-9,22H2,3H3/p+4/b3*8-7-;7-6-/t3*14-,15+,16?,17-,18-,19+,20+,21-;10-,11+,12?,13-,14-,15+,16+,17-/m1111/s1. The van der Waals surface area contributed by atoms with Crippen LogP contribution in [0.25, 0.3) is 0 Å². The first-order chi connectivity index (χ1) is 63.1. The number of likely N-dealkylation sites (tertiary alicyclic amines) is 8. The van der Waals surface area contributed by atoms with Crippen LogP contribution in [0.4, 0.5) is 0 Å². The number of amides is 16. The molecule has 32 atom stereocenters. The van der Waals surface area contributed by atoms with E-state index < -0.39 is 192 Å². The van der Waals surface area contributed by atoms with E-state index in [-0.39, 0.29) is 121 Å². The second-order valence-corrected chi connectivity index (χ2v) is 37.4. The average Bonchev–Trinajstić information content (AvgIpc) is 1.58. The summed E-state index contributed by atoms with van der Waals surface area (Å²) in [6, 6.07) is 0. The lowest BCUT2D eigenvalue weighted by molar-refractivity contribution is -0.367. The van der Waals surface area contributed by atoms with Crippen molar-refractivity contribution in [1.82, 2.24) is 39.2 Å². The lowest BCUT2D eigenvalue weighted by atomic mass is 9.87. The third-order valence-corrected chi connectivity index (χ3v) is 28.4. The Hall–Kier alpha value is -10.5. The number of carbonyl (C=O) groups is 16. The van der Waals surface area contributed by atoms with Gasteiger partial charge in [-0.3, -0.25) is 116 Å². The minimum Gasteiger partial charge on any atom is -0.365 e. The number of ether oxygens (including phenoxy) is 8. The third-order valence-electron chi connectivity index (χ3n) is 28.4. The van der Waals surface area contributed by atoms with E-state index in [0.29, 0.717) is 63.6 Å². The quantitative estimate of drug-likeness (QED) is 0.0422. The third kappa shape index (κ3) is 17.6. The van der Waals surface area contributed by atoms with E-state index in [9.17, 15) is 76.7 Å². The Morgan fingerprint density at radius 1 is 0.212 bits per heavy atom. The number of quaternary nitrogens is 4. The van der Waals surface area contributed by atoms with E-state index in [1.54, 1.807) is 85.1 Å². The Bertz CT molecular complexity index is 4450. The molecular weight excluding hydrogens is 1710 g/mol. The van der Waals surface area contributed by atoms with Crippen LogP contribution in [0.3, 0.4) is 0 Å². The van der Waals surface area contributed by atoms with Crippen LogP contribution in [-0.4, -0.2) is 310 Å². The summed E-state index contributed by atoms with van der Waals surface area (Å²) >= 11 is 0. The van der Waals surface area contributed by atoms with Crippen LogP contribution in [0.2, 0.25) is 0 Å². The van der Waals surface area contributed by atoms with Crippen molar-refractivity contribution in [3.05, 3.63) is 150 Å². The number of hydrogen-bond donors (Lipinski definition) is 4. The van der Waals surface area contributed by atoms with Crippen molar-refractivity contribution >= 4 is 94.5 Å². The van der Waals surface area contributed by atoms with Gasteiger partial charge in [0.25, 0.3) is 0 Å². The summed E-state index contributed by atoms with van der Waals surface area (Å²) in [7, 11) is 1.46. The Morgan fingerprint density at radius 2 is 0.326 bits per heavy atom. The van der Waals surface area contributed by atoms with E-state index in [0.717, 1.165) is 24.2 Å². The SMILES string of the molecule is C=C[C@@H]1O[C@H](/C=C\C2O[C@H](C=C)[C@H]3C(=O)N(C)C(=O)[C@@H]23)[C@H]2C(=O)N(CC[NH3+])C(=O)[C@H]21.C=C[C@@H]1O[C@H](/C=C\C2O[C@H](C=C)[C@H]3C(=O)N(CCC(C)C)C(=O)[C@@H]23)[C@H]2C(=O)N(CC[NH3+])C(=O)[C@H]21.C=C[C@@H]1O[C@H](/C=C\C2O[C@H](C=C)[C@H]3C(=O)N(CCC(C)C)C(=O)[C@@H]23)[C@H]2C(=O)N(CC[NH3+])C(=O)[C@H]21.C=C[C@@H]1O[C@H](/C=C\C2O[C@H](C=C)[C@H]3C(=O)N(CCC(C)C)C(=O)[C@@H]23)[C@H]2C(=O)N(CC[NH3+])C(=O)[C@H]21. The fourth-order valence-corrected chi connectivity index (χ4v) is 21.8. The van der Waals surface area contributed by atoms with Gasteiger partial charge < -0.3 is 60.8 Å². The molecule has 0 radical (unpaired) electrons. The summed E-state index contributed by atoms with van der Waals surface area (Å²) in [6.45, 7) is 46.3. The summed E-state index contributed by atoms with van der Waals surface area (Å²) in [6.07, 6.45) is 18.3. The molecular formula is C96H128N12O24+4. The molecule has 16 aliphatic heterocycles. The van der Waals surface area contributed by atoms with E-state index in [2.05, 4.69) is 75.6 Å². The molecule has 4 unspecified atom stereocenters. The maximum atomic E-state index is 13.2. The summed E-state index contributed by atoms with van der Waals surface area (Å²) in [4.78, 5) is 217. The van der Waals surface area contributed by atoms with E-state index >= 15 is 0 Å². The maximum Gasteiger partial charge on any atom is 0.236 e. The van der Waals surface area contributed by atoms with Gasteiger partial charge in [-0.2, -0.15) is 0 Å². The van der Waals surface area contributed by atoms with Gasteiger partial charge in [0.05, 0.1) is 245 Å². The van der Waals surface area contributed by atoms with Crippen molar-refractivity contribution in [1.29, 1.82) is 0 Å². The van der Waals surface area contributed by atoms with Crippen LogP contribution < -0.4 is 22.9 Å². The van der Waals surface area contributed by atoms with Crippen molar-refractivity contribution < 1.29 is 138 Å². The molecule has 132 heavy (non-hydrogen) atoms. The van der Waals surface area contributed by atoms with Crippen LogP contribution >= 0.6 is 0 Å². The molecule has 36 heteroatoms. The number of imide groups is 8. The number of rotatable bonds is 33. The van der Waals surface area contributed by atoms with E-state index in [4.69, 9.17) is 37.9 Å². The molecule has 0 aromatic heterocycles. The Labute approximate surface area is 767 Å². The summed E-state index contributed by atoms with van der Waals surface area (Å²) in [5, 5.41) is 0. The van der Waals surface area contributed by atoms with Crippen LogP contribution in [-0.2, 0) is 115 Å². The first-order valence-corrected chi connectivity index (χ1v) is 46.0. The minimum absolute atomic E-state index is 0.222. The van der Waals surface area contributed by atoms with Crippen LogP contribution in [0.1, 0.15) is 60.8 Å². The molecule has 16 fully saturated rings. The second-order valence-electron chi connectivity index (χ2n) is 37.4. The highest BCUT2D eigenvalue weighted by atomic mass is 16.5. The van der Waals surface area contributed by atoms with Crippen molar-refractivity contribution in [3.8, 4) is 0 Å². The molecule has 0 spiro atoms. The molecule has 0 aromatic rings. The Morgan fingerprint density at radius 3 is 0.447 bits per heavy atom. The molecule has 12 N–H and O–H groups in total. The molecule has 16 rings (SSSR count). The van der Waals surface area contributed by atoms with Crippen LogP contribution in [0.5, 0.6) is 0 Å². The monoisotopic (exact) mass is 1830 g/mol. The Balaban J connectivity index is 0.000000150. The molecule has 16 saturated heterocycles. The molecule has 0 aromatic carbocycles. The first kappa shape index (κ1) is 99.0. The van der Waals surface area contributed by atoms with Gasteiger partial charge in [0, 0.05) is 26.7 Å². The predicted molar refractivity (Wildman–Crippen MR) is 467 cm³/mol. The Kier molecular flexibility index (Phi) is 30.9. The van der Waals surface area contributed by atoms with E-state index in [1.807, 2.05) is 41.5 Å². The van der Waals surface area contributed by atoms with Crippen molar-refractivity contribution in [2.75, 3.05) is 79.0 Å². The molecule has 16 amide bonds. The zero-order valence-corrected chi connectivity index (χ0v) is 76.2. The highest BCUT2D eigenvalue weighted by Crippen LogP contribution is 2.51. The molecule has 0 saturated carbocycles. The van der Waals surface area contributed by atoms with Gasteiger partial charge in [-0.1, -0.05) is 139 Å². The highest BCUT2D eigenvalue weighted by molar-refractivity contribution is 6.11.